The molecular formula is C11H14BrNO. The van der Waals surface area contributed by atoms with Crippen molar-refractivity contribution in [3.63, 3.8) is 0 Å². The van der Waals surface area contributed by atoms with Gasteiger partial charge in [-0.1, -0.05) is 29.8 Å². The van der Waals surface area contributed by atoms with Gasteiger partial charge in [0.05, 0.1) is 0 Å². The lowest BCUT2D eigenvalue weighted by molar-refractivity contribution is 0.0968. The molecule has 2 nitrogen and oxygen atoms in total. The Labute approximate surface area is 92.6 Å². The Morgan fingerprint density at radius 1 is 1.50 bits per heavy atom. The third kappa shape index (κ3) is 2.84. The van der Waals surface area contributed by atoms with Crippen LogP contribution in [-0.2, 0) is 0 Å². The van der Waals surface area contributed by atoms with Gasteiger partial charge in [0, 0.05) is 22.1 Å². The number of hydrogen-bond donors (Lipinski definition) is 1. The second-order valence-electron chi connectivity index (χ2n) is 3.75. The summed E-state index contributed by atoms with van der Waals surface area (Å²) in [5, 5.41) is 0. The van der Waals surface area contributed by atoms with Crippen LogP contribution in [0.1, 0.15) is 30.6 Å². The maximum atomic E-state index is 11.7. The molecule has 2 N–H and O–H groups in total. The quantitative estimate of drug-likeness (QED) is 0.666. The van der Waals surface area contributed by atoms with Crippen molar-refractivity contribution in [3.05, 3.63) is 28.2 Å². The fourth-order valence-corrected chi connectivity index (χ4v) is 1.65. The number of benzene rings is 1. The van der Waals surface area contributed by atoms with E-state index in [9.17, 15) is 4.79 Å². The van der Waals surface area contributed by atoms with Crippen LogP contribution in [0.2, 0.25) is 0 Å². The number of nitrogens with two attached hydrogens (primary N) is 1. The summed E-state index contributed by atoms with van der Waals surface area (Å²) in [6.07, 6.45) is 0.547. The highest BCUT2D eigenvalue weighted by Crippen LogP contribution is 2.20. The predicted octanol–water partition coefficient (Wildman–Crippen LogP) is 3.26. The van der Waals surface area contributed by atoms with E-state index in [0.717, 1.165) is 4.47 Å². The van der Waals surface area contributed by atoms with Crippen molar-refractivity contribution in [1.29, 1.82) is 0 Å². The molecule has 0 aliphatic carbocycles. The van der Waals surface area contributed by atoms with E-state index in [1.807, 2.05) is 19.9 Å². The lowest BCUT2D eigenvalue weighted by atomic mass is 10.0. The van der Waals surface area contributed by atoms with E-state index in [2.05, 4.69) is 15.9 Å². The summed E-state index contributed by atoms with van der Waals surface area (Å²) < 4.78 is 0.899. The summed E-state index contributed by atoms with van der Waals surface area (Å²) in [4.78, 5) is 11.7. The summed E-state index contributed by atoms with van der Waals surface area (Å²) in [5.41, 5.74) is 6.92. The molecule has 0 amide bonds. The average Bonchev–Trinajstić information content (AvgIpc) is 2.01. The first-order valence-electron chi connectivity index (χ1n) is 4.59. The fraction of sp³-hybridized carbons (Fsp3) is 0.364. The highest BCUT2D eigenvalue weighted by molar-refractivity contribution is 9.10. The molecule has 0 saturated carbocycles. The molecule has 0 aromatic heterocycles. The molecule has 3 heteroatoms. The molecule has 1 aromatic rings. The van der Waals surface area contributed by atoms with Crippen molar-refractivity contribution in [2.75, 3.05) is 5.73 Å². The van der Waals surface area contributed by atoms with Gasteiger partial charge >= 0.3 is 0 Å². The van der Waals surface area contributed by atoms with Crippen LogP contribution in [0.3, 0.4) is 0 Å². The van der Waals surface area contributed by atoms with Gasteiger partial charge in [0.2, 0.25) is 0 Å². The topological polar surface area (TPSA) is 43.1 Å². The fourth-order valence-electron chi connectivity index (χ4n) is 1.27. The molecule has 1 rings (SSSR count). The van der Waals surface area contributed by atoms with E-state index in [1.165, 1.54) is 0 Å². The van der Waals surface area contributed by atoms with Gasteiger partial charge in [-0.3, -0.25) is 4.79 Å². The molecule has 0 fully saturated rings. The van der Waals surface area contributed by atoms with Gasteiger partial charge in [-0.05, 0) is 24.1 Å². The van der Waals surface area contributed by atoms with Crippen LogP contribution in [0, 0.1) is 5.92 Å². The van der Waals surface area contributed by atoms with Gasteiger partial charge in [-0.2, -0.15) is 0 Å². The first-order valence-corrected chi connectivity index (χ1v) is 5.38. The van der Waals surface area contributed by atoms with E-state index in [-0.39, 0.29) is 5.78 Å². The molecule has 76 valence electrons. The summed E-state index contributed by atoms with van der Waals surface area (Å²) in [6, 6.07) is 5.36. The monoisotopic (exact) mass is 255 g/mol. The molecule has 0 radical (unpaired) electrons. The molecule has 14 heavy (non-hydrogen) atoms. The molecule has 1 aromatic carbocycles. The largest absolute Gasteiger partial charge is 0.398 e. The number of halogens is 1. The minimum absolute atomic E-state index is 0.116. The number of hydrogen-bond acceptors (Lipinski definition) is 2. The Hall–Kier alpha value is -0.830. The average molecular weight is 256 g/mol. The second-order valence-corrected chi connectivity index (χ2v) is 4.67. The lowest BCUT2D eigenvalue weighted by Gasteiger charge is -2.06. The highest BCUT2D eigenvalue weighted by Gasteiger charge is 2.11. The van der Waals surface area contributed by atoms with Gasteiger partial charge in [-0.25, -0.2) is 0 Å². The van der Waals surface area contributed by atoms with Crippen LogP contribution in [-0.4, -0.2) is 5.78 Å². The normalized spacial score (nSPS) is 10.6. The number of Topliss-reactive ketones (excluding diaryl/α,β-unsaturated/α-hetero) is 1. The van der Waals surface area contributed by atoms with Crippen LogP contribution in [0.5, 0.6) is 0 Å². The highest BCUT2D eigenvalue weighted by atomic mass is 79.9. The molecule has 0 heterocycles. The first-order chi connectivity index (χ1) is 6.50. The van der Waals surface area contributed by atoms with E-state index in [1.54, 1.807) is 12.1 Å². The van der Waals surface area contributed by atoms with Gasteiger partial charge < -0.3 is 5.73 Å². The number of nitrogen functional groups attached to an aromatic ring is 1. The van der Waals surface area contributed by atoms with E-state index < -0.39 is 0 Å². The van der Waals surface area contributed by atoms with Crippen LogP contribution in [0.15, 0.2) is 22.7 Å². The summed E-state index contributed by atoms with van der Waals surface area (Å²) >= 11 is 3.30. The van der Waals surface area contributed by atoms with E-state index >= 15 is 0 Å². The van der Waals surface area contributed by atoms with Crippen molar-refractivity contribution in [2.24, 2.45) is 5.92 Å². The van der Waals surface area contributed by atoms with E-state index in [4.69, 9.17) is 5.73 Å². The Morgan fingerprint density at radius 3 is 2.64 bits per heavy atom. The van der Waals surface area contributed by atoms with Gasteiger partial charge in [0.15, 0.2) is 5.78 Å². The molecule has 0 bridgehead atoms. The van der Waals surface area contributed by atoms with Crippen LogP contribution < -0.4 is 5.73 Å². The lowest BCUT2D eigenvalue weighted by Crippen LogP contribution is -2.06. The van der Waals surface area contributed by atoms with Crippen molar-refractivity contribution in [2.45, 2.75) is 20.3 Å². The van der Waals surface area contributed by atoms with Crippen molar-refractivity contribution >= 4 is 27.4 Å². The Morgan fingerprint density at radius 2 is 2.14 bits per heavy atom. The van der Waals surface area contributed by atoms with Gasteiger partial charge in [0.25, 0.3) is 0 Å². The van der Waals surface area contributed by atoms with E-state index in [0.29, 0.717) is 23.6 Å². The van der Waals surface area contributed by atoms with Gasteiger partial charge in [0.1, 0.15) is 0 Å². The number of anilines is 1. The zero-order valence-corrected chi connectivity index (χ0v) is 9.97. The molecule has 0 saturated heterocycles. The third-order valence-corrected chi connectivity index (χ3v) is 2.40. The first kappa shape index (κ1) is 11.2. The Kier molecular flexibility index (Phi) is 3.69. The Balaban J connectivity index is 2.90. The minimum atomic E-state index is 0.116. The number of carbonyl (C=O) groups is 1. The molecule has 0 unspecified atom stereocenters. The van der Waals surface area contributed by atoms with Crippen molar-refractivity contribution < 1.29 is 4.79 Å². The number of rotatable bonds is 3. The predicted molar refractivity (Wildman–Crippen MR) is 62.3 cm³/mol. The summed E-state index contributed by atoms with van der Waals surface area (Å²) in [7, 11) is 0. The minimum Gasteiger partial charge on any atom is -0.398 e. The van der Waals surface area contributed by atoms with Gasteiger partial charge in [-0.15, -0.1) is 0 Å². The molecule has 0 aliphatic rings. The van der Waals surface area contributed by atoms with Crippen LogP contribution >= 0.6 is 15.9 Å². The summed E-state index contributed by atoms with van der Waals surface area (Å²) in [6.45, 7) is 4.04. The standard InChI is InChI=1S/C11H14BrNO/c1-7(2)5-11(14)9-4-3-8(12)6-10(9)13/h3-4,6-7H,5,13H2,1-2H3. The smallest absolute Gasteiger partial charge is 0.165 e. The molecule has 0 atom stereocenters. The molecule has 0 spiro atoms. The molecular weight excluding hydrogens is 242 g/mol. The number of ketones is 1. The maximum Gasteiger partial charge on any atom is 0.165 e. The Bertz CT molecular complexity index is 347. The van der Waals surface area contributed by atoms with Crippen molar-refractivity contribution in [3.8, 4) is 0 Å². The van der Waals surface area contributed by atoms with Crippen molar-refractivity contribution in [1.82, 2.24) is 0 Å². The number of carbonyl (C=O) groups excluding carboxylic acids is 1. The zero-order chi connectivity index (χ0) is 10.7. The zero-order valence-electron chi connectivity index (χ0n) is 8.38. The third-order valence-electron chi connectivity index (χ3n) is 1.91. The van der Waals surface area contributed by atoms with Crippen LogP contribution in [0.4, 0.5) is 5.69 Å². The SMILES string of the molecule is CC(C)CC(=O)c1ccc(Br)cc1N. The summed E-state index contributed by atoms with van der Waals surface area (Å²) in [5.74, 6) is 0.482. The maximum absolute atomic E-state index is 11.7. The second kappa shape index (κ2) is 4.60. The molecule has 0 aliphatic heterocycles. The van der Waals surface area contributed by atoms with Crippen LogP contribution in [0.25, 0.3) is 0 Å².